The summed E-state index contributed by atoms with van der Waals surface area (Å²) in [6.45, 7) is 5.26. The highest BCUT2D eigenvalue weighted by molar-refractivity contribution is 5.95. The molecule has 0 fully saturated rings. The van der Waals surface area contributed by atoms with E-state index in [0.29, 0.717) is 11.3 Å². The van der Waals surface area contributed by atoms with Gasteiger partial charge in [0, 0.05) is 16.9 Å². The molecule has 0 spiro atoms. The number of aromatic nitrogens is 2. The fourth-order valence-electron chi connectivity index (χ4n) is 3.06. The first kappa shape index (κ1) is 20.8. The second-order valence-electron chi connectivity index (χ2n) is 6.88. The zero-order valence-corrected chi connectivity index (χ0v) is 17.0. The summed E-state index contributed by atoms with van der Waals surface area (Å²) in [5.41, 5.74) is 4.30. The van der Waals surface area contributed by atoms with Crippen LogP contribution >= 0.6 is 0 Å². The van der Waals surface area contributed by atoms with Crippen molar-refractivity contribution in [2.75, 3.05) is 5.32 Å². The highest BCUT2D eigenvalue weighted by atomic mass is 16.5. The minimum Gasteiger partial charge on any atom is -0.452 e. The number of nitrogens with zero attached hydrogens (tertiary/aromatic N) is 3. The summed E-state index contributed by atoms with van der Waals surface area (Å²) in [7, 11) is 0. The summed E-state index contributed by atoms with van der Waals surface area (Å²) in [6, 6.07) is 18.1. The number of carbonyl (C=O) groups is 2. The van der Waals surface area contributed by atoms with Gasteiger partial charge in [0.25, 0.3) is 5.91 Å². The van der Waals surface area contributed by atoms with E-state index in [1.54, 1.807) is 28.9 Å². The van der Waals surface area contributed by atoms with Gasteiger partial charge in [0.05, 0.1) is 29.4 Å². The van der Waals surface area contributed by atoms with Crippen LogP contribution in [0.1, 0.15) is 29.4 Å². The molecule has 3 aromatic rings. The van der Waals surface area contributed by atoms with Crippen molar-refractivity contribution in [1.82, 2.24) is 9.78 Å². The van der Waals surface area contributed by atoms with Crippen LogP contribution in [0.4, 0.5) is 5.69 Å². The molecule has 0 aliphatic heterocycles. The van der Waals surface area contributed by atoms with Gasteiger partial charge >= 0.3 is 5.97 Å². The predicted octanol–water partition coefficient (Wildman–Crippen LogP) is 3.47. The fraction of sp³-hybridized carbons (Fsp3) is 0.217. The lowest BCUT2D eigenvalue weighted by atomic mass is 10.1. The Hall–Kier alpha value is -3.92. The molecule has 1 atom stereocenters. The van der Waals surface area contributed by atoms with Crippen molar-refractivity contribution in [3.8, 4) is 11.8 Å². The zero-order chi connectivity index (χ0) is 21.7. The Labute approximate surface area is 174 Å². The van der Waals surface area contributed by atoms with E-state index in [-0.39, 0.29) is 6.42 Å². The number of nitriles is 1. The molecule has 0 aliphatic carbocycles. The SMILES string of the molecule is Cc1nn(-c2ccccc2)c(C)c1CC(=O)O[C@H](C)C(=O)Nc1ccc(C#N)cc1. The van der Waals surface area contributed by atoms with Crippen molar-refractivity contribution >= 4 is 17.6 Å². The molecule has 0 bridgehead atoms. The molecule has 1 amide bonds. The average molecular weight is 402 g/mol. The molecule has 1 heterocycles. The molecule has 1 aromatic heterocycles. The molecule has 1 N–H and O–H groups in total. The van der Waals surface area contributed by atoms with Crippen LogP contribution in [-0.4, -0.2) is 27.8 Å². The van der Waals surface area contributed by atoms with Gasteiger partial charge in [-0.15, -0.1) is 0 Å². The minimum absolute atomic E-state index is 0.0268. The Kier molecular flexibility index (Phi) is 6.28. The Morgan fingerprint density at radius 3 is 2.43 bits per heavy atom. The Morgan fingerprint density at radius 1 is 1.13 bits per heavy atom. The predicted molar refractivity (Wildman–Crippen MR) is 112 cm³/mol. The maximum Gasteiger partial charge on any atom is 0.311 e. The van der Waals surface area contributed by atoms with E-state index in [2.05, 4.69) is 10.4 Å². The lowest BCUT2D eigenvalue weighted by Crippen LogP contribution is -2.30. The molecule has 0 radical (unpaired) electrons. The number of carbonyl (C=O) groups excluding carboxylic acids is 2. The highest BCUT2D eigenvalue weighted by Crippen LogP contribution is 2.19. The summed E-state index contributed by atoms with van der Waals surface area (Å²) in [5, 5.41) is 16.0. The van der Waals surface area contributed by atoms with Gasteiger partial charge in [0.15, 0.2) is 6.10 Å². The van der Waals surface area contributed by atoms with Gasteiger partial charge in [-0.1, -0.05) is 18.2 Å². The number of esters is 1. The van der Waals surface area contributed by atoms with E-state index in [0.717, 1.165) is 22.6 Å². The average Bonchev–Trinajstić information content (AvgIpc) is 3.03. The van der Waals surface area contributed by atoms with Gasteiger partial charge in [0.1, 0.15) is 0 Å². The third kappa shape index (κ3) is 4.73. The number of hydrogen-bond acceptors (Lipinski definition) is 5. The molecular weight excluding hydrogens is 380 g/mol. The normalized spacial score (nSPS) is 11.4. The summed E-state index contributed by atoms with van der Waals surface area (Å²) in [4.78, 5) is 24.7. The number of aryl methyl sites for hydroxylation is 1. The molecule has 2 aromatic carbocycles. The fourth-order valence-corrected chi connectivity index (χ4v) is 3.06. The lowest BCUT2D eigenvalue weighted by molar-refractivity contribution is -0.152. The number of benzene rings is 2. The van der Waals surface area contributed by atoms with Crippen molar-refractivity contribution in [3.05, 3.63) is 77.1 Å². The summed E-state index contributed by atoms with van der Waals surface area (Å²) in [5.74, 6) is -0.947. The van der Waals surface area contributed by atoms with E-state index in [4.69, 9.17) is 10.00 Å². The second kappa shape index (κ2) is 9.05. The first-order valence-corrected chi connectivity index (χ1v) is 9.50. The topological polar surface area (TPSA) is 97.0 Å². The van der Waals surface area contributed by atoms with E-state index in [1.807, 2.05) is 50.2 Å². The summed E-state index contributed by atoms with van der Waals surface area (Å²) >= 11 is 0. The van der Waals surface area contributed by atoms with Gasteiger partial charge in [0.2, 0.25) is 0 Å². The van der Waals surface area contributed by atoms with Crippen LogP contribution < -0.4 is 5.32 Å². The third-order valence-corrected chi connectivity index (χ3v) is 4.72. The molecule has 3 rings (SSSR count). The number of rotatable bonds is 6. The van der Waals surface area contributed by atoms with Gasteiger partial charge in [-0.3, -0.25) is 9.59 Å². The summed E-state index contributed by atoms with van der Waals surface area (Å²) < 4.78 is 7.11. The van der Waals surface area contributed by atoms with E-state index < -0.39 is 18.0 Å². The van der Waals surface area contributed by atoms with Crippen LogP contribution in [0, 0.1) is 25.2 Å². The molecule has 0 aliphatic rings. The Balaban J connectivity index is 1.63. The van der Waals surface area contributed by atoms with Crippen LogP contribution in [0.25, 0.3) is 5.69 Å². The first-order chi connectivity index (χ1) is 14.4. The summed E-state index contributed by atoms with van der Waals surface area (Å²) in [6.07, 6.45) is -0.933. The van der Waals surface area contributed by atoms with E-state index >= 15 is 0 Å². The Bertz CT molecular complexity index is 1100. The molecule has 30 heavy (non-hydrogen) atoms. The van der Waals surface area contributed by atoms with Crippen LogP contribution in [0.3, 0.4) is 0 Å². The van der Waals surface area contributed by atoms with Crippen LogP contribution in [0.5, 0.6) is 0 Å². The lowest BCUT2D eigenvalue weighted by Gasteiger charge is -2.14. The Morgan fingerprint density at radius 2 is 1.80 bits per heavy atom. The second-order valence-corrected chi connectivity index (χ2v) is 6.88. The number of ether oxygens (including phenoxy) is 1. The van der Waals surface area contributed by atoms with Crippen LogP contribution in [0.2, 0.25) is 0 Å². The van der Waals surface area contributed by atoms with Crippen molar-refractivity contribution in [2.24, 2.45) is 0 Å². The number of para-hydroxylation sites is 1. The van der Waals surface area contributed by atoms with Crippen LogP contribution in [0.15, 0.2) is 54.6 Å². The molecular formula is C23H22N4O3. The zero-order valence-electron chi connectivity index (χ0n) is 17.0. The van der Waals surface area contributed by atoms with E-state index in [1.165, 1.54) is 6.92 Å². The molecule has 7 nitrogen and oxygen atoms in total. The van der Waals surface area contributed by atoms with Gasteiger partial charge in [-0.05, 0) is 57.2 Å². The molecule has 152 valence electrons. The maximum absolute atomic E-state index is 12.4. The number of nitrogens with one attached hydrogen (secondary N) is 1. The van der Waals surface area contributed by atoms with Crippen molar-refractivity contribution in [3.63, 3.8) is 0 Å². The van der Waals surface area contributed by atoms with Gasteiger partial charge in [-0.2, -0.15) is 10.4 Å². The standard InChI is InChI=1S/C23H22N4O3/c1-15-21(16(2)27(26-15)20-7-5-4-6-8-20)13-22(28)30-17(3)23(29)25-19-11-9-18(14-24)10-12-19/h4-12,17H,13H2,1-3H3,(H,25,29)/t17-/m1/s1. The van der Waals surface area contributed by atoms with Crippen molar-refractivity contribution < 1.29 is 14.3 Å². The molecule has 0 saturated heterocycles. The minimum atomic E-state index is -0.960. The van der Waals surface area contributed by atoms with Gasteiger partial charge in [-0.25, -0.2) is 4.68 Å². The number of amides is 1. The number of hydrogen-bond donors (Lipinski definition) is 1. The smallest absolute Gasteiger partial charge is 0.311 e. The van der Waals surface area contributed by atoms with Crippen LogP contribution in [-0.2, 0) is 20.7 Å². The van der Waals surface area contributed by atoms with Crippen molar-refractivity contribution in [2.45, 2.75) is 33.3 Å². The number of anilines is 1. The first-order valence-electron chi connectivity index (χ1n) is 9.50. The monoisotopic (exact) mass is 402 g/mol. The quantitative estimate of drug-likeness (QED) is 0.637. The van der Waals surface area contributed by atoms with Crippen molar-refractivity contribution in [1.29, 1.82) is 5.26 Å². The maximum atomic E-state index is 12.4. The molecule has 0 unspecified atom stereocenters. The van der Waals surface area contributed by atoms with Gasteiger partial charge < -0.3 is 10.1 Å². The highest BCUT2D eigenvalue weighted by Gasteiger charge is 2.21. The molecule has 0 saturated carbocycles. The third-order valence-electron chi connectivity index (χ3n) is 4.72. The van der Waals surface area contributed by atoms with E-state index in [9.17, 15) is 9.59 Å². The largest absolute Gasteiger partial charge is 0.452 e. The molecule has 7 heteroatoms.